The first-order chi connectivity index (χ1) is 8.28. The van der Waals surface area contributed by atoms with Gasteiger partial charge in [-0.1, -0.05) is 0 Å². The van der Waals surface area contributed by atoms with Gasteiger partial charge in [0.1, 0.15) is 5.75 Å². The van der Waals surface area contributed by atoms with E-state index >= 15 is 0 Å². The van der Waals surface area contributed by atoms with Gasteiger partial charge < -0.3 is 14.8 Å². The maximum absolute atomic E-state index is 10.9. The van der Waals surface area contributed by atoms with E-state index in [1.807, 2.05) is 24.3 Å². The van der Waals surface area contributed by atoms with Gasteiger partial charge in [-0.3, -0.25) is 0 Å². The highest BCUT2D eigenvalue weighted by atomic mass is 16.6. The van der Waals surface area contributed by atoms with Crippen LogP contribution in [0.4, 0.5) is 5.69 Å². The molecule has 0 radical (unpaired) electrons. The third-order valence-corrected chi connectivity index (χ3v) is 2.91. The molecule has 0 spiro atoms. The summed E-state index contributed by atoms with van der Waals surface area (Å²) in [5.74, 6) is 0.302. The summed E-state index contributed by atoms with van der Waals surface area (Å²) in [6.45, 7) is -0.0497. The van der Waals surface area contributed by atoms with Crippen LogP contribution >= 0.6 is 0 Å². The Bertz CT molecular complexity index is 371. The fourth-order valence-corrected chi connectivity index (χ4v) is 1.64. The quantitative estimate of drug-likeness (QED) is 0.795. The fourth-order valence-electron chi connectivity index (χ4n) is 1.64. The van der Waals surface area contributed by atoms with Crippen LogP contribution in [0.3, 0.4) is 0 Å². The number of methoxy groups -OCH3 is 1. The van der Waals surface area contributed by atoms with Crippen LogP contribution in [-0.4, -0.2) is 25.7 Å². The van der Waals surface area contributed by atoms with E-state index in [1.54, 1.807) is 0 Å². The third-order valence-electron chi connectivity index (χ3n) is 2.91. The molecular weight excluding hydrogens is 218 g/mol. The van der Waals surface area contributed by atoms with E-state index in [1.165, 1.54) is 26.4 Å². The lowest BCUT2D eigenvalue weighted by molar-refractivity contribution is -0.142. The number of nitrogens with one attached hydrogen (secondary N) is 1. The smallest absolute Gasteiger partial charge is 0.343 e. The van der Waals surface area contributed by atoms with Crippen LogP contribution in [0.1, 0.15) is 19.3 Å². The van der Waals surface area contributed by atoms with Crippen LogP contribution in [-0.2, 0) is 9.53 Å². The number of hydrogen-bond acceptors (Lipinski definition) is 4. The van der Waals surface area contributed by atoms with E-state index in [4.69, 9.17) is 4.74 Å². The van der Waals surface area contributed by atoms with Crippen LogP contribution in [0.5, 0.6) is 5.75 Å². The molecule has 0 amide bonds. The minimum Gasteiger partial charge on any atom is -0.482 e. The van der Waals surface area contributed by atoms with Crippen molar-refractivity contribution in [1.29, 1.82) is 0 Å². The maximum Gasteiger partial charge on any atom is 0.343 e. The number of rotatable bonds is 5. The highest BCUT2D eigenvalue weighted by molar-refractivity contribution is 5.70. The predicted molar refractivity (Wildman–Crippen MR) is 65.2 cm³/mol. The number of esters is 1. The monoisotopic (exact) mass is 235 g/mol. The molecule has 1 aromatic rings. The molecule has 0 atom stereocenters. The topological polar surface area (TPSA) is 47.6 Å². The molecule has 0 bridgehead atoms. The van der Waals surface area contributed by atoms with Crippen LogP contribution in [0.2, 0.25) is 0 Å². The molecule has 17 heavy (non-hydrogen) atoms. The maximum atomic E-state index is 10.9. The molecule has 0 saturated heterocycles. The Hall–Kier alpha value is -1.71. The first-order valence-corrected chi connectivity index (χ1v) is 5.84. The molecule has 92 valence electrons. The Labute approximate surface area is 101 Å². The van der Waals surface area contributed by atoms with E-state index in [9.17, 15) is 4.79 Å². The van der Waals surface area contributed by atoms with E-state index in [2.05, 4.69) is 10.1 Å². The minimum absolute atomic E-state index is 0.0497. The Morgan fingerprint density at radius 1 is 1.35 bits per heavy atom. The van der Waals surface area contributed by atoms with Gasteiger partial charge in [-0.2, -0.15) is 0 Å². The molecule has 0 heterocycles. The molecule has 1 fully saturated rings. The molecule has 0 aromatic heterocycles. The van der Waals surface area contributed by atoms with Crippen molar-refractivity contribution < 1.29 is 14.3 Å². The molecule has 1 saturated carbocycles. The number of carbonyl (C=O) groups excluding carboxylic acids is 1. The second kappa shape index (κ2) is 5.57. The van der Waals surface area contributed by atoms with Crippen molar-refractivity contribution >= 4 is 11.7 Å². The van der Waals surface area contributed by atoms with Gasteiger partial charge >= 0.3 is 5.97 Å². The van der Waals surface area contributed by atoms with Gasteiger partial charge in [-0.25, -0.2) is 4.79 Å². The van der Waals surface area contributed by atoms with Crippen molar-refractivity contribution in [1.82, 2.24) is 0 Å². The molecule has 0 aliphatic heterocycles. The summed E-state index contributed by atoms with van der Waals surface area (Å²) in [5.41, 5.74) is 1.10. The summed E-state index contributed by atoms with van der Waals surface area (Å²) in [6, 6.07) is 8.25. The summed E-state index contributed by atoms with van der Waals surface area (Å²) < 4.78 is 9.75. The van der Waals surface area contributed by atoms with Crippen LogP contribution in [0.15, 0.2) is 24.3 Å². The Kier molecular flexibility index (Phi) is 3.85. The molecular formula is C13H17NO3. The molecule has 1 aliphatic rings. The number of hydrogen-bond donors (Lipinski definition) is 1. The van der Waals surface area contributed by atoms with Gasteiger partial charge in [-0.15, -0.1) is 0 Å². The van der Waals surface area contributed by atoms with Crippen molar-refractivity contribution in [2.75, 3.05) is 19.0 Å². The lowest BCUT2D eigenvalue weighted by atomic mass is 9.93. The highest BCUT2D eigenvalue weighted by Crippen LogP contribution is 2.24. The molecule has 1 N–H and O–H groups in total. The van der Waals surface area contributed by atoms with Crippen LogP contribution < -0.4 is 10.1 Å². The molecule has 0 unspecified atom stereocenters. The largest absolute Gasteiger partial charge is 0.482 e. The zero-order valence-electron chi connectivity index (χ0n) is 9.94. The lowest BCUT2D eigenvalue weighted by Crippen LogP contribution is -2.26. The van der Waals surface area contributed by atoms with Crippen molar-refractivity contribution in [3.05, 3.63) is 24.3 Å². The summed E-state index contributed by atoms with van der Waals surface area (Å²) in [6.07, 6.45) is 3.82. The van der Waals surface area contributed by atoms with Gasteiger partial charge in [-0.05, 0) is 43.5 Å². The predicted octanol–water partition coefficient (Wildman–Crippen LogP) is 2.20. The van der Waals surface area contributed by atoms with E-state index in [0.717, 1.165) is 5.69 Å². The standard InChI is InChI=1S/C13H17NO3/c1-16-13(15)9-17-12-7-5-11(6-8-12)14-10-3-2-4-10/h5-8,10,14H,2-4,9H2,1H3. The lowest BCUT2D eigenvalue weighted by Gasteiger charge is -2.27. The van der Waals surface area contributed by atoms with Crippen molar-refractivity contribution in [2.45, 2.75) is 25.3 Å². The minimum atomic E-state index is -0.373. The molecule has 2 rings (SSSR count). The highest BCUT2D eigenvalue weighted by Gasteiger charge is 2.16. The van der Waals surface area contributed by atoms with Crippen molar-refractivity contribution in [3.63, 3.8) is 0 Å². The number of ether oxygens (including phenoxy) is 2. The molecule has 4 heteroatoms. The number of carbonyl (C=O) groups is 1. The van der Waals surface area contributed by atoms with Crippen molar-refractivity contribution in [2.24, 2.45) is 0 Å². The Morgan fingerprint density at radius 3 is 2.59 bits per heavy atom. The first-order valence-electron chi connectivity index (χ1n) is 5.84. The summed E-state index contributed by atoms with van der Waals surface area (Å²) in [7, 11) is 1.34. The second-order valence-electron chi connectivity index (χ2n) is 4.16. The number of anilines is 1. The second-order valence-corrected chi connectivity index (χ2v) is 4.16. The third kappa shape index (κ3) is 3.37. The van der Waals surface area contributed by atoms with Crippen LogP contribution in [0, 0.1) is 0 Å². The normalized spacial score (nSPS) is 14.9. The molecule has 1 aromatic carbocycles. The van der Waals surface area contributed by atoms with E-state index in [0.29, 0.717) is 11.8 Å². The van der Waals surface area contributed by atoms with E-state index in [-0.39, 0.29) is 12.6 Å². The van der Waals surface area contributed by atoms with Gasteiger partial charge in [0.05, 0.1) is 7.11 Å². The van der Waals surface area contributed by atoms with Crippen LogP contribution in [0.25, 0.3) is 0 Å². The summed E-state index contributed by atoms with van der Waals surface area (Å²) >= 11 is 0. The molecule has 1 aliphatic carbocycles. The van der Waals surface area contributed by atoms with Gasteiger partial charge in [0, 0.05) is 11.7 Å². The average molecular weight is 235 g/mol. The average Bonchev–Trinajstić information content (AvgIpc) is 2.32. The van der Waals surface area contributed by atoms with E-state index < -0.39 is 0 Å². The van der Waals surface area contributed by atoms with Gasteiger partial charge in [0.15, 0.2) is 6.61 Å². The Balaban J connectivity index is 1.82. The zero-order chi connectivity index (χ0) is 12.1. The summed E-state index contributed by atoms with van der Waals surface area (Å²) in [5, 5.41) is 3.43. The first kappa shape index (κ1) is 11.8. The van der Waals surface area contributed by atoms with Crippen molar-refractivity contribution in [3.8, 4) is 5.75 Å². The molecule has 4 nitrogen and oxygen atoms in total. The number of benzene rings is 1. The summed E-state index contributed by atoms with van der Waals surface area (Å²) in [4.78, 5) is 10.9. The SMILES string of the molecule is COC(=O)COc1ccc(NC2CCC2)cc1. The Morgan fingerprint density at radius 2 is 2.06 bits per heavy atom. The van der Waals surface area contributed by atoms with Gasteiger partial charge in [0.2, 0.25) is 0 Å². The van der Waals surface area contributed by atoms with Gasteiger partial charge in [0.25, 0.3) is 0 Å². The fraction of sp³-hybridized carbons (Fsp3) is 0.462. The zero-order valence-corrected chi connectivity index (χ0v) is 9.94.